The number of cyclic esters (lactones) is 1. The molecule has 4 heterocycles. The van der Waals surface area contributed by atoms with Gasteiger partial charge in [-0.05, 0) is 68.6 Å². The summed E-state index contributed by atoms with van der Waals surface area (Å²) >= 11 is 2.75. The minimum absolute atomic E-state index is 0.0142. The maximum atomic E-state index is 15.0. The molecule has 0 radical (unpaired) electrons. The van der Waals surface area contributed by atoms with Gasteiger partial charge >= 0.3 is 5.97 Å². The lowest BCUT2D eigenvalue weighted by atomic mass is 9.98. The van der Waals surface area contributed by atoms with E-state index in [1.165, 1.54) is 40.4 Å². The number of nitrogens with one attached hydrogen (secondary N) is 3. The van der Waals surface area contributed by atoms with E-state index in [2.05, 4.69) is 16.0 Å². The van der Waals surface area contributed by atoms with Crippen LogP contribution in [0.2, 0.25) is 0 Å². The van der Waals surface area contributed by atoms with Crippen LogP contribution in [0.3, 0.4) is 0 Å². The number of likely N-dealkylation sites (N-methyl/N-ethyl adjacent to an activating group) is 3. The van der Waals surface area contributed by atoms with Gasteiger partial charge in [0.15, 0.2) is 6.10 Å². The van der Waals surface area contributed by atoms with E-state index in [1.54, 1.807) is 58.5 Å². The van der Waals surface area contributed by atoms with Crippen molar-refractivity contribution in [3.8, 4) is 0 Å². The summed E-state index contributed by atoms with van der Waals surface area (Å²) in [7, 11) is 4.76. The van der Waals surface area contributed by atoms with Crippen LogP contribution in [0.1, 0.15) is 78.0 Å². The summed E-state index contributed by atoms with van der Waals surface area (Å²) in [6, 6.07) is 20.3. The van der Waals surface area contributed by atoms with Gasteiger partial charge in [0.1, 0.15) is 36.3 Å². The monoisotopic (exact) mass is 1120 g/mol. The van der Waals surface area contributed by atoms with Crippen molar-refractivity contribution >= 4 is 80.9 Å². The molecule has 1 saturated heterocycles. The van der Waals surface area contributed by atoms with E-state index in [-0.39, 0.29) is 37.0 Å². The molecule has 3 aromatic carbocycles. The molecule has 4 bridgehead atoms. The molecule has 20 heteroatoms. The molecular weight excluding hydrogens is 1040 g/mol. The van der Waals surface area contributed by atoms with Crippen molar-refractivity contribution in [3.63, 3.8) is 0 Å². The van der Waals surface area contributed by atoms with Crippen molar-refractivity contribution in [1.29, 1.82) is 0 Å². The number of carbonyl (C=O) groups is 8. The lowest BCUT2D eigenvalue weighted by molar-refractivity contribution is -0.166. The second-order valence-electron chi connectivity index (χ2n) is 21.9. The van der Waals surface area contributed by atoms with Gasteiger partial charge in [-0.1, -0.05) is 119 Å². The van der Waals surface area contributed by atoms with Crippen LogP contribution in [0, 0.1) is 17.8 Å². The first-order valence-electron chi connectivity index (χ1n) is 27.4. The van der Waals surface area contributed by atoms with Gasteiger partial charge in [-0.25, -0.2) is 0 Å². The number of hydrogen-bond acceptors (Lipinski definition) is 13. The molecule has 1 fully saturated rings. The highest BCUT2D eigenvalue weighted by atomic mass is 32.2. The average molecular weight is 1120 g/mol. The number of nitrogens with zero attached hydrogens (tertiary/aromatic N) is 6. The van der Waals surface area contributed by atoms with Gasteiger partial charge in [0.2, 0.25) is 35.4 Å². The molecule has 7 rings (SSSR count). The fourth-order valence-electron chi connectivity index (χ4n) is 10.5. The Balaban J connectivity index is 1.24. The van der Waals surface area contributed by atoms with Crippen LogP contribution in [0.5, 0.6) is 0 Å². The Morgan fingerprint density at radius 3 is 1.68 bits per heavy atom. The summed E-state index contributed by atoms with van der Waals surface area (Å²) in [5, 5.41) is 10.0. The van der Waals surface area contributed by atoms with E-state index < -0.39 is 114 Å². The van der Waals surface area contributed by atoms with E-state index in [1.807, 2.05) is 105 Å². The van der Waals surface area contributed by atoms with Crippen LogP contribution in [-0.2, 0) is 62.4 Å². The van der Waals surface area contributed by atoms with Crippen LogP contribution < -0.4 is 16.0 Å². The summed E-state index contributed by atoms with van der Waals surface area (Å²) in [6.07, 6.45) is 0.0630. The zero-order chi connectivity index (χ0) is 57.2. The summed E-state index contributed by atoms with van der Waals surface area (Å²) in [5.74, 6) is -5.26. The predicted octanol–water partition coefficient (Wildman–Crippen LogP) is 4.58. The quantitative estimate of drug-likeness (QED) is 0.265. The third-order valence-electron chi connectivity index (χ3n) is 15.4. The lowest BCUT2D eigenvalue weighted by Crippen LogP contribution is -2.59. The van der Waals surface area contributed by atoms with Gasteiger partial charge < -0.3 is 40.3 Å². The van der Waals surface area contributed by atoms with Crippen molar-refractivity contribution in [2.75, 3.05) is 39.2 Å². The summed E-state index contributed by atoms with van der Waals surface area (Å²) in [5.41, 5.74) is 2.43. The number of esters is 1. The maximum absolute atomic E-state index is 15.0. The lowest BCUT2D eigenvalue weighted by Gasteiger charge is -2.38. The Kier molecular flexibility index (Phi) is 20.6. The van der Waals surface area contributed by atoms with Gasteiger partial charge in [-0.2, -0.15) is 0 Å². The van der Waals surface area contributed by atoms with Crippen molar-refractivity contribution in [2.24, 2.45) is 27.7 Å². The molecule has 3 aromatic rings. The number of carbonyl (C=O) groups excluding carboxylic acids is 8. The Morgan fingerprint density at radius 1 is 0.570 bits per heavy atom. The van der Waals surface area contributed by atoms with Crippen molar-refractivity contribution in [1.82, 2.24) is 35.6 Å². The topological polar surface area (TPSA) is 220 Å². The molecule has 0 saturated carbocycles. The van der Waals surface area contributed by atoms with Gasteiger partial charge in [0.05, 0.1) is 28.1 Å². The van der Waals surface area contributed by atoms with E-state index in [0.717, 1.165) is 11.1 Å². The number of ether oxygens (including phenoxy) is 1. The van der Waals surface area contributed by atoms with Gasteiger partial charge in [0.25, 0.3) is 5.91 Å². The predicted molar refractivity (Wildman–Crippen MR) is 308 cm³/mol. The molecular formula is C59H77N9O9S2. The third kappa shape index (κ3) is 14.6. The van der Waals surface area contributed by atoms with Gasteiger partial charge in [-0.15, -0.1) is 23.5 Å². The fourth-order valence-corrected chi connectivity index (χ4v) is 12.7. The number of amides is 7. The van der Waals surface area contributed by atoms with Crippen molar-refractivity contribution in [3.05, 3.63) is 108 Å². The highest BCUT2D eigenvalue weighted by Gasteiger charge is 2.45. The van der Waals surface area contributed by atoms with E-state index in [9.17, 15) is 33.6 Å². The molecule has 424 valence electrons. The molecule has 0 aliphatic carbocycles. The fraction of sp³-hybridized carbons (Fsp3) is 0.525. The average Bonchev–Trinajstić information content (AvgIpc) is 4.27. The van der Waals surface area contributed by atoms with Crippen LogP contribution in [0.4, 0.5) is 0 Å². The number of aliphatic imine (C=N–C) groups is 2. The zero-order valence-electron chi connectivity index (χ0n) is 47.0. The number of rotatable bonds is 8. The van der Waals surface area contributed by atoms with Crippen LogP contribution in [-0.4, -0.2) is 177 Å². The third-order valence-corrected chi connectivity index (χ3v) is 17.8. The number of fused-ring (bicyclic) bond motifs is 3. The second kappa shape index (κ2) is 27.1. The normalized spacial score (nSPS) is 28.7. The Hall–Kier alpha value is -6.54. The minimum Gasteiger partial charge on any atom is -0.452 e. The minimum atomic E-state index is -1.38. The van der Waals surface area contributed by atoms with Gasteiger partial charge in [0, 0.05) is 58.1 Å². The Labute approximate surface area is 473 Å². The zero-order valence-corrected chi connectivity index (χ0v) is 48.6. The standard InChI is InChI=1S/C59H77N9O9S2/c1-34(2)48-52(71)60-37(6)36(5)59(76)77-47(31-41-25-18-13-19-26-41)57(74)67(10)49(35(3)4)58(75)68-28-20-27-44(68)56(73)66(9)46(30-40-23-16-12-17-24-40)54-62-42(32-79-54)50(69)61-38(7)53-63-43(33-78-53)55(72)65(8)45(51(70)64-48)29-39-21-14-11-15-22-39/h11-19,21-26,34-38,42-49H,20,27-33H2,1-10H3,(H,60,71)(H,61,69)(H,64,70)/t36-,37-,38+,42-,43-,44-,45+,46+,47-,48+,49-/m0/s1. The Bertz CT molecular complexity index is 2750. The largest absolute Gasteiger partial charge is 0.452 e. The molecule has 4 aliphatic heterocycles. The molecule has 18 nitrogen and oxygen atoms in total. The first-order valence-corrected chi connectivity index (χ1v) is 29.4. The van der Waals surface area contributed by atoms with Gasteiger partial charge in [-0.3, -0.25) is 48.3 Å². The molecule has 0 unspecified atom stereocenters. The molecule has 3 N–H and O–H groups in total. The first-order chi connectivity index (χ1) is 37.6. The SMILES string of the molecule is CC(C)[C@H]1C(=O)N2CCC[C@H]2C(=O)N(C)[C@H](Cc2ccccc2)C2=N[C@@H](CS2)C(=O)N[C@H](C)C2=N[C@@H](CS2)C(=O)N(C)[C@H](Cc2ccccc2)C(=O)N[C@H](C(C)C)C(=O)N[C@@H](C)[C@H](C)C(=O)O[C@@H](Cc2ccccc2)C(=O)N1C. The van der Waals surface area contributed by atoms with E-state index in [0.29, 0.717) is 40.7 Å². The summed E-state index contributed by atoms with van der Waals surface area (Å²) < 4.78 is 6.12. The molecule has 4 aliphatic rings. The summed E-state index contributed by atoms with van der Waals surface area (Å²) in [6.45, 7) is 12.5. The van der Waals surface area contributed by atoms with Crippen molar-refractivity contribution < 1.29 is 43.1 Å². The smallest absolute Gasteiger partial charge is 0.311 e. The number of thioether (sulfide) groups is 2. The van der Waals surface area contributed by atoms with Crippen LogP contribution in [0.15, 0.2) is 101 Å². The molecule has 0 spiro atoms. The molecule has 7 amide bonds. The summed E-state index contributed by atoms with van der Waals surface area (Å²) in [4.78, 5) is 132. The maximum Gasteiger partial charge on any atom is 0.311 e. The highest BCUT2D eigenvalue weighted by Crippen LogP contribution is 2.30. The number of hydrogen-bond donors (Lipinski definition) is 3. The van der Waals surface area contributed by atoms with E-state index >= 15 is 4.79 Å². The number of benzene rings is 3. The van der Waals surface area contributed by atoms with Crippen LogP contribution >= 0.6 is 23.5 Å². The Morgan fingerprint density at radius 2 is 1.10 bits per heavy atom. The molecule has 11 atom stereocenters. The highest BCUT2D eigenvalue weighted by molar-refractivity contribution is 8.14. The molecule has 79 heavy (non-hydrogen) atoms. The van der Waals surface area contributed by atoms with E-state index in [4.69, 9.17) is 14.7 Å². The molecule has 0 aromatic heterocycles. The van der Waals surface area contributed by atoms with Crippen molar-refractivity contribution in [2.45, 2.75) is 141 Å². The van der Waals surface area contributed by atoms with Crippen LogP contribution in [0.25, 0.3) is 0 Å². The first kappa shape index (κ1) is 60.1. The second-order valence-corrected chi connectivity index (χ2v) is 24.0.